The van der Waals surface area contributed by atoms with E-state index in [1.54, 1.807) is 0 Å². The van der Waals surface area contributed by atoms with E-state index >= 15 is 0 Å². The summed E-state index contributed by atoms with van der Waals surface area (Å²) in [6.45, 7) is 0. The Morgan fingerprint density at radius 1 is 1.16 bits per heavy atom. The molecule has 98 valence electrons. The van der Waals surface area contributed by atoms with Gasteiger partial charge in [0, 0.05) is 10.6 Å². The Balaban J connectivity index is 2.31. The number of nitrogen functional groups attached to an aromatic ring is 1. The van der Waals surface area contributed by atoms with Crippen molar-refractivity contribution in [1.29, 1.82) is 0 Å². The van der Waals surface area contributed by atoms with E-state index in [0.717, 1.165) is 30.0 Å². The molecule has 0 amide bonds. The number of halogens is 2. The first kappa shape index (κ1) is 13.4. The van der Waals surface area contributed by atoms with Gasteiger partial charge in [-0.05, 0) is 36.4 Å². The summed E-state index contributed by atoms with van der Waals surface area (Å²) in [5.74, 6) is -2.22. The van der Waals surface area contributed by atoms with Crippen LogP contribution in [0.25, 0.3) is 0 Å². The summed E-state index contributed by atoms with van der Waals surface area (Å²) in [5, 5.41) is 8.83. The molecule has 0 saturated heterocycles. The fourth-order valence-corrected chi connectivity index (χ4v) is 2.39. The molecule has 2 rings (SSSR count). The van der Waals surface area contributed by atoms with E-state index in [-0.39, 0.29) is 16.1 Å². The number of hydrogen-bond donors (Lipinski definition) is 2. The van der Waals surface area contributed by atoms with Crippen molar-refractivity contribution >= 4 is 23.4 Å². The maximum atomic E-state index is 13.5. The molecular weight excluding hydrogens is 272 g/mol. The highest BCUT2D eigenvalue weighted by molar-refractivity contribution is 7.99. The summed E-state index contributed by atoms with van der Waals surface area (Å²) in [5.41, 5.74) is 5.64. The van der Waals surface area contributed by atoms with Gasteiger partial charge in [0.15, 0.2) is 0 Å². The van der Waals surface area contributed by atoms with Crippen molar-refractivity contribution < 1.29 is 18.7 Å². The highest BCUT2D eigenvalue weighted by atomic mass is 32.2. The van der Waals surface area contributed by atoms with Crippen LogP contribution in [0.3, 0.4) is 0 Å². The van der Waals surface area contributed by atoms with Crippen LogP contribution in [0.15, 0.2) is 46.2 Å². The molecule has 6 heteroatoms. The predicted octanol–water partition coefficient (Wildman–Crippen LogP) is 3.40. The predicted molar refractivity (Wildman–Crippen MR) is 68.3 cm³/mol. The summed E-state index contributed by atoms with van der Waals surface area (Å²) in [4.78, 5) is 11.4. The second-order valence-corrected chi connectivity index (χ2v) is 4.85. The summed E-state index contributed by atoms with van der Waals surface area (Å²) < 4.78 is 26.5. The van der Waals surface area contributed by atoms with Crippen molar-refractivity contribution in [1.82, 2.24) is 0 Å². The maximum absolute atomic E-state index is 13.5. The van der Waals surface area contributed by atoms with Gasteiger partial charge in [0.2, 0.25) is 0 Å². The van der Waals surface area contributed by atoms with Gasteiger partial charge in [0.1, 0.15) is 11.6 Å². The molecule has 3 nitrogen and oxygen atoms in total. The fourth-order valence-electron chi connectivity index (χ4n) is 1.48. The van der Waals surface area contributed by atoms with Crippen LogP contribution in [-0.2, 0) is 0 Å². The van der Waals surface area contributed by atoms with Gasteiger partial charge in [-0.2, -0.15) is 0 Å². The minimum absolute atomic E-state index is 0.0240. The average molecular weight is 281 g/mol. The highest BCUT2D eigenvalue weighted by Crippen LogP contribution is 2.32. The van der Waals surface area contributed by atoms with Crippen molar-refractivity contribution in [2.24, 2.45) is 0 Å². The molecule has 0 bridgehead atoms. The minimum Gasteiger partial charge on any atom is -0.478 e. The molecule has 2 aromatic rings. The van der Waals surface area contributed by atoms with Crippen LogP contribution in [0, 0.1) is 11.6 Å². The summed E-state index contributed by atoms with van der Waals surface area (Å²) in [7, 11) is 0. The number of benzene rings is 2. The van der Waals surface area contributed by atoms with Crippen LogP contribution in [0.5, 0.6) is 0 Å². The molecule has 0 aliphatic rings. The Kier molecular flexibility index (Phi) is 3.71. The molecule has 0 atom stereocenters. The summed E-state index contributed by atoms with van der Waals surface area (Å²) in [6, 6.07) is 7.37. The van der Waals surface area contributed by atoms with E-state index in [2.05, 4.69) is 0 Å². The SMILES string of the molecule is Nc1cc(Sc2cc(F)ccc2F)ccc1C(=O)O. The van der Waals surface area contributed by atoms with Crippen molar-refractivity contribution in [2.45, 2.75) is 9.79 Å². The molecule has 0 unspecified atom stereocenters. The number of carboxylic acid groups (broad SMARTS) is 1. The fraction of sp³-hybridized carbons (Fsp3) is 0. The third kappa shape index (κ3) is 3.03. The van der Waals surface area contributed by atoms with Crippen LogP contribution in [0.2, 0.25) is 0 Å². The molecule has 0 aliphatic heterocycles. The molecule has 0 fully saturated rings. The molecule has 19 heavy (non-hydrogen) atoms. The van der Waals surface area contributed by atoms with Crippen molar-refractivity contribution in [3.63, 3.8) is 0 Å². The van der Waals surface area contributed by atoms with Crippen molar-refractivity contribution in [2.75, 3.05) is 5.73 Å². The van der Waals surface area contributed by atoms with Crippen LogP contribution in [0.1, 0.15) is 10.4 Å². The zero-order chi connectivity index (χ0) is 14.0. The lowest BCUT2D eigenvalue weighted by Crippen LogP contribution is -2.01. The third-order valence-corrected chi connectivity index (χ3v) is 3.40. The zero-order valence-corrected chi connectivity index (χ0v) is 10.4. The van der Waals surface area contributed by atoms with E-state index in [4.69, 9.17) is 10.8 Å². The summed E-state index contributed by atoms with van der Waals surface area (Å²) >= 11 is 0.975. The molecule has 0 aliphatic carbocycles. The van der Waals surface area contributed by atoms with Crippen molar-refractivity contribution in [3.8, 4) is 0 Å². The van der Waals surface area contributed by atoms with Gasteiger partial charge in [0.05, 0.1) is 10.5 Å². The monoisotopic (exact) mass is 281 g/mol. The Morgan fingerprint density at radius 2 is 1.89 bits per heavy atom. The normalized spacial score (nSPS) is 10.4. The smallest absolute Gasteiger partial charge is 0.337 e. The lowest BCUT2D eigenvalue weighted by Gasteiger charge is -2.06. The standard InChI is InChI=1S/C13H9F2NO2S/c14-7-1-4-10(15)12(5-7)19-8-2-3-9(13(17)18)11(16)6-8/h1-6H,16H2,(H,17,18). The molecule has 0 heterocycles. The molecule has 3 N–H and O–H groups in total. The van der Waals surface area contributed by atoms with Crippen LogP contribution >= 0.6 is 11.8 Å². The topological polar surface area (TPSA) is 63.3 Å². The lowest BCUT2D eigenvalue weighted by atomic mass is 10.2. The van der Waals surface area contributed by atoms with E-state index in [1.165, 1.54) is 18.2 Å². The van der Waals surface area contributed by atoms with Gasteiger partial charge in [-0.1, -0.05) is 11.8 Å². The zero-order valence-electron chi connectivity index (χ0n) is 9.56. The van der Waals surface area contributed by atoms with Gasteiger partial charge in [-0.15, -0.1) is 0 Å². The van der Waals surface area contributed by atoms with Gasteiger partial charge < -0.3 is 10.8 Å². The average Bonchev–Trinajstić information content (AvgIpc) is 2.33. The molecule has 2 aromatic carbocycles. The van der Waals surface area contributed by atoms with Gasteiger partial charge >= 0.3 is 5.97 Å². The van der Waals surface area contributed by atoms with Gasteiger partial charge in [-0.25, -0.2) is 13.6 Å². The van der Waals surface area contributed by atoms with E-state index < -0.39 is 17.6 Å². The maximum Gasteiger partial charge on any atom is 0.337 e. The number of aromatic carboxylic acids is 1. The third-order valence-electron chi connectivity index (χ3n) is 2.37. The number of carboxylic acids is 1. The van der Waals surface area contributed by atoms with E-state index in [0.29, 0.717) is 4.90 Å². The summed E-state index contributed by atoms with van der Waals surface area (Å²) in [6.07, 6.45) is 0. The van der Waals surface area contributed by atoms with Crippen LogP contribution in [-0.4, -0.2) is 11.1 Å². The van der Waals surface area contributed by atoms with E-state index in [9.17, 15) is 13.6 Å². The second-order valence-electron chi connectivity index (χ2n) is 3.73. The Morgan fingerprint density at radius 3 is 2.53 bits per heavy atom. The van der Waals surface area contributed by atoms with E-state index in [1.807, 2.05) is 0 Å². The van der Waals surface area contributed by atoms with Crippen molar-refractivity contribution in [3.05, 3.63) is 53.6 Å². The first-order valence-electron chi connectivity index (χ1n) is 5.23. The number of rotatable bonds is 3. The Labute approximate surface area is 112 Å². The number of anilines is 1. The second kappa shape index (κ2) is 5.27. The van der Waals surface area contributed by atoms with Crippen LogP contribution in [0.4, 0.5) is 14.5 Å². The molecule has 0 spiro atoms. The Bertz CT molecular complexity index is 647. The largest absolute Gasteiger partial charge is 0.478 e. The molecular formula is C13H9F2NO2S. The molecule has 0 aromatic heterocycles. The lowest BCUT2D eigenvalue weighted by molar-refractivity contribution is 0.0698. The molecule has 0 radical (unpaired) electrons. The number of carbonyl (C=O) groups is 1. The molecule has 0 saturated carbocycles. The first-order valence-corrected chi connectivity index (χ1v) is 6.05. The quantitative estimate of drug-likeness (QED) is 0.846. The van der Waals surface area contributed by atoms with Gasteiger partial charge in [-0.3, -0.25) is 0 Å². The first-order chi connectivity index (χ1) is 8.97. The number of hydrogen-bond acceptors (Lipinski definition) is 3. The minimum atomic E-state index is -1.13. The number of nitrogens with two attached hydrogens (primary N) is 1. The van der Waals surface area contributed by atoms with Gasteiger partial charge in [0.25, 0.3) is 0 Å². The van der Waals surface area contributed by atoms with Crippen LogP contribution < -0.4 is 5.73 Å². The highest BCUT2D eigenvalue weighted by Gasteiger charge is 2.10. The Hall–Kier alpha value is -2.08.